The van der Waals surface area contributed by atoms with Crippen LogP contribution in [0.4, 0.5) is 0 Å². The highest BCUT2D eigenvalue weighted by molar-refractivity contribution is 5.44. The van der Waals surface area contributed by atoms with E-state index in [0.717, 1.165) is 30.9 Å². The predicted octanol–water partition coefficient (Wildman–Crippen LogP) is 0.870. The Balaban J connectivity index is 1.60. The van der Waals surface area contributed by atoms with Crippen LogP contribution >= 0.6 is 0 Å². The van der Waals surface area contributed by atoms with Crippen molar-refractivity contribution in [2.75, 3.05) is 33.0 Å². The molecule has 1 aromatic carbocycles. The van der Waals surface area contributed by atoms with E-state index in [4.69, 9.17) is 14.2 Å². The minimum absolute atomic E-state index is 0.354. The molecule has 1 aromatic rings. The number of benzene rings is 1. The number of fused-ring (bicyclic) bond motifs is 1. The van der Waals surface area contributed by atoms with Crippen molar-refractivity contribution in [1.82, 2.24) is 5.32 Å². The van der Waals surface area contributed by atoms with Gasteiger partial charge in [-0.25, -0.2) is 0 Å². The van der Waals surface area contributed by atoms with Gasteiger partial charge in [-0.05, 0) is 24.1 Å². The fourth-order valence-corrected chi connectivity index (χ4v) is 2.36. The normalized spacial score (nSPS) is 23.3. The van der Waals surface area contributed by atoms with E-state index in [-0.39, 0.29) is 0 Å². The van der Waals surface area contributed by atoms with Crippen LogP contribution in [-0.2, 0) is 4.74 Å². The lowest BCUT2D eigenvalue weighted by Gasteiger charge is -2.21. The van der Waals surface area contributed by atoms with E-state index in [1.807, 2.05) is 18.2 Å². The molecule has 1 saturated heterocycles. The van der Waals surface area contributed by atoms with Crippen LogP contribution in [-0.4, -0.2) is 44.1 Å². The molecule has 2 aliphatic rings. The molecule has 0 aromatic heterocycles. The Bertz CT molecular complexity index is 431. The smallest absolute Gasteiger partial charge is 0.161 e. The molecule has 5 heteroatoms. The first kappa shape index (κ1) is 12.7. The van der Waals surface area contributed by atoms with E-state index in [0.29, 0.717) is 31.5 Å². The Hall–Kier alpha value is -1.30. The lowest BCUT2D eigenvalue weighted by atomic mass is 10.1. The quantitative estimate of drug-likeness (QED) is 0.846. The molecule has 0 radical (unpaired) electrons. The molecule has 0 amide bonds. The predicted molar refractivity (Wildman–Crippen MR) is 69.6 cm³/mol. The second-order valence-electron chi connectivity index (χ2n) is 4.89. The fraction of sp³-hybridized carbons (Fsp3) is 0.571. The number of rotatable bonds is 4. The Morgan fingerprint density at radius 3 is 2.84 bits per heavy atom. The van der Waals surface area contributed by atoms with Gasteiger partial charge in [0.1, 0.15) is 13.2 Å². The zero-order chi connectivity index (χ0) is 13.1. The Kier molecular flexibility index (Phi) is 3.87. The highest BCUT2D eigenvalue weighted by atomic mass is 16.6. The van der Waals surface area contributed by atoms with E-state index in [1.54, 1.807) is 0 Å². The molecule has 0 bridgehead atoms. The average molecular weight is 265 g/mol. The summed E-state index contributed by atoms with van der Waals surface area (Å²) in [4.78, 5) is 0. The summed E-state index contributed by atoms with van der Waals surface area (Å²) in [5.41, 5.74) is 0.843. The van der Waals surface area contributed by atoms with Gasteiger partial charge in [-0.3, -0.25) is 0 Å². The second-order valence-corrected chi connectivity index (χ2v) is 4.89. The first-order chi connectivity index (χ1) is 9.33. The number of ether oxygens (including phenoxy) is 3. The molecule has 0 spiro atoms. The first-order valence-electron chi connectivity index (χ1n) is 6.71. The summed E-state index contributed by atoms with van der Waals surface area (Å²) in [6.45, 7) is 3.20. The number of aliphatic hydroxyl groups excluding tert-OH is 1. The lowest BCUT2D eigenvalue weighted by Crippen LogP contribution is -2.32. The minimum Gasteiger partial charge on any atom is -0.486 e. The van der Waals surface area contributed by atoms with Gasteiger partial charge in [-0.2, -0.15) is 0 Å². The molecule has 104 valence electrons. The van der Waals surface area contributed by atoms with Gasteiger partial charge in [0.25, 0.3) is 0 Å². The number of aliphatic hydroxyl groups is 1. The van der Waals surface area contributed by atoms with Crippen LogP contribution in [0.3, 0.4) is 0 Å². The van der Waals surface area contributed by atoms with Gasteiger partial charge in [0, 0.05) is 19.2 Å². The summed E-state index contributed by atoms with van der Waals surface area (Å²) in [6, 6.07) is 5.94. The maximum atomic E-state index is 10.2. The summed E-state index contributed by atoms with van der Waals surface area (Å²) in [5, 5.41) is 13.5. The molecule has 2 N–H and O–H groups in total. The van der Waals surface area contributed by atoms with E-state index in [9.17, 15) is 5.11 Å². The Morgan fingerprint density at radius 1 is 1.21 bits per heavy atom. The summed E-state index contributed by atoms with van der Waals surface area (Å²) >= 11 is 0. The highest BCUT2D eigenvalue weighted by Crippen LogP contribution is 2.32. The van der Waals surface area contributed by atoms with Crippen molar-refractivity contribution < 1.29 is 19.3 Å². The molecule has 2 unspecified atom stereocenters. The summed E-state index contributed by atoms with van der Waals surface area (Å²) in [7, 11) is 0. The molecular formula is C14H19NO4. The minimum atomic E-state index is -0.545. The molecule has 0 saturated carbocycles. The molecular weight excluding hydrogens is 246 g/mol. The van der Waals surface area contributed by atoms with Crippen molar-refractivity contribution in [1.29, 1.82) is 0 Å². The lowest BCUT2D eigenvalue weighted by molar-refractivity contribution is 0.156. The van der Waals surface area contributed by atoms with Gasteiger partial charge in [0.15, 0.2) is 11.5 Å². The molecule has 2 heterocycles. The summed E-state index contributed by atoms with van der Waals surface area (Å²) in [5.74, 6) is 1.46. The molecule has 0 aliphatic carbocycles. The van der Waals surface area contributed by atoms with Crippen LogP contribution < -0.4 is 14.8 Å². The Labute approximate surface area is 112 Å². The van der Waals surface area contributed by atoms with Gasteiger partial charge < -0.3 is 24.6 Å². The average Bonchev–Trinajstić information content (AvgIpc) is 2.97. The third-order valence-electron chi connectivity index (χ3n) is 3.48. The zero-order valence-electron chi connectivity index (χ0n) is 10.8. The van der Waals surface area contributed by atoms with Crippen LogP contribution in [0.15, 0.2) is 18.2 Å². The molecule has 19 heavy (non-hydrogen) atoms. The van der Waals surface area contributed by atoms with Crippen LogP contribution in [0.5, 0.6) is 11.5 Å². The van der Waals surface area contributed by atoms with Crippen LogP contribution in [0.2, 0.25) is 0 Å². The highest BCUT2D eigenvalue weighted by Gasteiger charge is 2.18. The summed E-state index contributed by atoms with van der Waals surface area (Å²) < 4.78 is 16.3. The van der Waals surface area contributed by atoms with Crippen LogP contribution in [0.25, 0.3) is 0 Å². The molecule has 1 fully saturated rings. The SMILES string of the molecule is OC(CNC1CCOC1)c1ccc2c(c1)OCCO2. The third-order valence-corrected chi connectivity index (χ3v) is 3.48. The summed E-state index contributed by atoms with van der Waals surface area (Å²) in [6.07, 6.45) is 0.463. The van der Waals surface area contributed by atoms with Gasteiger partial charge in [0.05, 0.1) is 12.7 Å². The van der Waals surface area contributed by atoms with Crippen LogP contribution in [0.1, 0.15) is 18.1 Å². The third kappa shape index (κ3) is 3.00. The number of hydrogen-bond donors (Lipinski definition) is 2. The standard InChI is InChI=1S/C14H19NO4/c16-12(8-15-11-3-4-17-9-11)10-1-2-13-14(7-10)19-6-5-18-13/h1-2,7,11-12,15-16H,3-6,8-9H2. The van der Waals surface area contributed by atoms with Crippen molar-refractivity contribution in [3.05, 3.63) is 23.8 Å². The van der Waals surface area contributed by atoms with Gasteiger partial charge in [-0.15, -0.1) is 0 Å². The first-order valence-corrected chi connectivity index (χ1v) is 6.71. The number of nitrogens with one attached hydrogen (secondary N) is 1. The van der Waals surface area contributed by atoms with E-state index in [1.165, 1.54) is 0 Å². The van der Waals surface area contributed by atoms with Gasteiger partial charge in [0.2, 0.25) is 0 Å². The maximum Gasteiger partial charge on any atom is 0.161 e. The van der Waals surface area contributed by atoms with Crippen molar-refractivity contribution in [2.45, 2.75) is 18.6 Å². The number of hydrogen-bond acceptors (Lipinski definition) is 5. The molecule has 5 nitrogen and oxygen atoms in total. The zero-order valence-corrected chi connectivity index (χ0v) is 10.8. The van der Waals surface area contributed by atoms with Gasteiger partial charge >= 0.3 is 0 Å². The Morgan fingerprint density at radius 2 is 2.05 bits per heavy atom. The van der Waals surface area contributed by atoms with Crippen molar-refractivity contribution in [3.8, 4) is 11.5 Å². The van der Waals surface area contributed by atoms with E-state index < -0.39 is 6.10 Å². The second kappa shape index (κ2) is 5.77. The topological polar surface area (TPSA) is 60.0 Å². The fourth-order valence-electron chi connectivity index (χ4n) is 2.36. The molecule has 2 atom stereocenters. The largest absolute Gasteiger partial charge is 0.486 e. The van der Waals surface area contributed by atoms with Crippen molar-refractivity contribution >= 4 is 0 Å². The van der Waals surface area contributed by atoms with E-state index in [2.05, 4.69) is 5.32 Å². The van der Waals surface area contributed by atoms with E-state index >= 15 is 0 Å². The monoisotopic (exact) mass is 265 g/mol. The molecule has 3 rings (SSSR count). The molecule has 2 aliphatic heterocycles. The van der Waals surface area contributed by atoms with Crippen molar-refractivity contribution in [2.24, 2.45) is 0 Å². The van der Waals surface area contributed by atoms with Gasteiger partial charge in [-0.1, -0.05) is 6.07 Å². The maximum absolute atomic E-state index is 10.2. The van der Waals surface area contributed by atoms with Crippen molar-refractivity contribution in [3.63, 3.8) is 0 Å². The van der Waals surface area contributed by atoms with Crippen LogP contribution in [0, 0.1) is 0 Å².